The Balaban J connectivity index is 1.43. The van der Waals surface area contributed by atoms with Gasteiger partial charge in [-0.2, -0.15) is 4.31 Å². The van der Waals surface area contributed by atoms with Gasteiger partial charge in [-0.05, 0) is 12.8 Å². The molecule has 0 saturated carbocycles. The van der Waals surface area contributed by atoms with E-state index in [1.54, 1.807) is 6.08 Å². The summed E-state index contributed by atoms with van der Waals surface area (Å²) in [7, 11) is -16.4. The van der Waals surface area contributed by atoms with Crippen LogP contribution in [0.3, 0.4) is 0 Å². The molecule has 0 radical (unpaired) electrons. The van der Waals surface area contributed by atoms with Gasteiger partial charge in [0.15, 0.2) is 22.8 Å². The van der Waals surface area contributed by atoms with Crippen LogP contribution < -0.4 is 16.4 Å². The van der Waals surface area contributed by atoms with Crippen LogP contribution in [0.25, 0.3) is 11.2 Å². The number of ether oxygens (including phenoxy) is 1. The predicted molar refractivity (Wildman–Crippen MR) is 210 cm³/mol. The second-order valence-electron chi connectivity index (χ2n) is 13.5. The lowest BCUT2D eigenvalue weighted by Crippen LogP contribution is -2.46. The van der Waals surface area contributed by atoms with Crippen LogP contribution in [0, 0.1) is 5.41 Å². The van der Waals surface area contributed by atoms with Gasteiger partial charge in [-0.25, -0.2) is 28.6 Å². The molecule has 2 aromatic rings. The van der Waals surface area contributed by atoms with Gasteiger partial charge in [-0.15, -0.1) is 0 Å². The molecule has 0 spiro atoms. The second-order valence-corrected chi connectivity index (χ2v) is 18.8. The molecule has 28 heteroatoms. The van der Waals surface area contributed by atoms with Crippen LogP contribution in [-0.2, 0) is 50.7 Å². The molecular formula is C31H50N7O17P3S. The number of hydrogen-bond acceptors (Lipinski definition) is 18. The molecular weight excluding hydrogens is 867 g/mol. The molecule has 10 N–H and O–H groups in total. The largest absolute Gasteiger partial charge is 0.481 e. The van der Waals surface area contributed by atoms with Gasteiger partial charge in [0.1, 0.15) is 36.3 Å². The van der Waals surface area contributed by atoms with Crippen LogP contribution in [0.15, 0.2) is 37.0 Å². The molecule has 1 saturated heterocycles. The third-order valence-corrected chi connectivity index (χ3v) is 12.1. The zero-order valence-corrected chi connectivity index (χ0v) is 35.7. The number of aromatic nitrogens is 4. The van der Waals surface area contributed by atoms with Crippen molar-refractivity contribution in [2.45, 2.75) is 83.5 Å². The third-order valence-electron chi connectivity index (χ3n) is 8.11. The van der Waals surface area contributed by atoms with Gasteiger partial charge >= 0.3 is 23.5 Å². The first-order valence-electron chi connectivity index (χ1n) is 17.9. The molecule has 7 atom stereocenters. The highest BCUT2D eigenvalue weighted by molar-refractivity contribution is 8.13. The number of nitrogen functional groups attached to an aromatic ring is 1. The van der Waals surface area contributed by atoms with Crippen molar-refractivity contribution in [3.8, 4) is 0 Å². The van der Waals surface area contributed by atoms with E-state index in [-0.39, 0.29) is 48.0 Å². The maximum Gasteiger partial charge on any atom is 0.481 e. The number of phosphoric ester groups is 3. The molecule has 332 valence electrons. The maximum absolute atomic E-state index is 12.7. The molecule has 0 bridgehead atoms. The van der Waals surface area contributed by atoms with Crippen molar-refractivity contribution in [1.82, 2.24) is 30.2 Å². The molecule has 1 fully saturated rings. The number of fused-ring (bicyclic) bond motifs is 1. The third kappa shape index (κ3) is 16.8. The Labute approximate surface area is 342 Å². The fraction of sp³-hybridized carbons (Fsp3) is 0.613. The Morgan fingerprint density at radius 2 is 1.73 bits per heavy atom. The fourth-order valence-electron chi connectivity index (χ4n) is 5.09. The van der Waals surface area contributed by atoms with Crippen LogP contribution in [0.5, 0.6) is 0 Å². The van der Waals surface area contributed by atoms with Crippen molar-refractivity contribution in [3.63, 3.8) is 0 Å². The summed E-state index contributed by atoms with van der Waals surface area (Å²) in [6, 6.07) is 0. The first-order chi connectivity index (χ1) is 27.6. The van der Waals surface area contributed by atoms with Gasteiger partial charge in [-0.1, -0.05) is 63.3 Å². The maximum atomic E-state index is 12.7. The molecule has 1 aliphatic rings. The summed E-state index contributed by atoms with van der Waals surface area (Å²) >= 11 is 1.07. The number of carbonyl (C=O) groups is 3. The summed E-state index contributed by atoms with van der Waals surface area (Å²) in [6.07, 6.45) is 3.99. The zero-order chi connectivity index (χ0) is 44.0. The Morgan fingerprint density at radius 3 is 2.42 bits per heavy atom. The average Bonchev–Trinajstić information content (AvgIpc) is 3.71. The molecule has 1 aliphatic heterocycles. The molecule has 59 heavy (non-hydrogen) atoms. The van der Waals surface area contributed by atoms with E-state index in [4.69, 9.17) is 19.5 Å². The molecule has 0 aromatic carbocycles. The van der Waals surface area contributed by atoms with Crippen LogP contribution in [-0.4, -0.2) is 123 Å². The SMILES string of the molecule is CCC/C=C/C/C=C/CC(=O)SCCNC(=O)CCNC(=O)C(O)C(C)(C)COP(=O)(O)OP(=O)(O)OCC1OC(n2cnc3c(N)ncnc32)C(O)C1OP(=O)(O)O. The Kier molecular flexibility index (Phi) is 19.4. The number of nitrogens with one attached hydrogen (secondary N) is 2. The van der Waals surface area contributed by atoms with Crippen molar-refractivity contribution in [3.05, 3.63) is 37.0 Å². The van der Waals surface area contributed by atoms with Gasteiger partial charge in [0.05, 0.1) is 19.5 Å². The molecule has 7 unspecified atom stereocenters. The van der Waals surface area contributed by atoms with E-state index >= 15 is 0 Å². The number of nitrogens with two attached hydrogens (primary N) is 1. The highest BCUT2D eigenvalue weighted by Gasteiger charge is 2.50. The van der Waals surface area contributed by atoms with Crippen LogP contribution in [0.4, 0.5) is 5.82 Å². The summed E-state index contributed by atoms with van der Waals surface area (Å²) in [4.78, 5) is 87.7. The topological polar surface area (TPSA) is 364 Å². The van der Waals surface area contributed by atoms with Crippen LogP contribution >= 0.6 is 35.2 Å². The van der Waals surface area contributed by atoms with E-state index in [2.05, 4.69) is 47.4 Å². The van der Waals surface area contributed by atoms with Gasteiger partial charge in [0.25, 0.3) is 0 Å². The van der Waals surface area contributed by atoms with E-state index < -0.39 is 84.6 Å². The van der Waals surface area contributed by atoms with Crippen molar-refractivity contribution < 1.29 is 80.5 Å². The summed E-state index contributed by atoms with van der Waals surface area (Å²) in [6.45, 7) is 2.58. The molecule has 2 amide bonds. The number of thioether (sulfide) groups is 1. The number of phosphoric acid groups is 3. The lowest BCUT2D eigenvalue weighted by Gasteiger charge is -2.30. The average molecular weight is 918 g/mol. The molecule has 3 rings (SSSR count). The number of allylic oxidation sites excluding steroid dienone is 4. The standard InChI is InChI=1S/C31H50N7O17P3S/c1-4-5-6-7-8-9-10-11-22(40)59-15-14-33-21(39)12-13-34-29(43)26(42)31(2,3)17-52-58(49,50)55-57(47,48)51-16-20-25(54-56(44,45)46)24(41)30(53-20)38-19-37-23-27(32)35-18-36-28(23)38/h6-7,9-10,18-20,24-26,30,41-42H,4-5,8,11-17H2,1-3H3,(H,33,39)(H,34,43)(H,47,48)(H,49,50)(H2,32,35,36)(H2,44,45,46)/b7-6+,10-9+. The van der Waals surface area contributed by atoms with E-state index in [0.29, 0.717) is 5.75 Å². The minimum atomic E-state index is -5.57. The quantitative estimate of drug-likeness (QED) is 0.0385. The summed E-state index contributed by atoms with van der Waals surface area (Å²) in [5, 5.41) is 26.4. The van der Waals surface area contributed by atoms with Crippen molar-refractivity contribution in [2.75, 3.05) is 37.8 Å². The Hall–Kier alpha value is -2.96. The van der Waals surface area contributed by atoms with Gasteiger partial charge in [-0.3, -0.25) is 32.5 Å². The summed E-state index contributed by atoms with van der Waals surface area (Å²) < 4.78 is 62.2. The number of rotatable bonds is 25. The summed E-state index contributed by atoms with van der Waals surface area (Å²) in [5.74, 6) is -1.11. The first kappa shape index (κ1) is 50.4. The number of imidazole rings is 1. The minimum Gasteiger partial charge on any atom is -0.386 e. The zero-order valence-electron chi connectivity index (χ0n) is 32.2. The van der Waals surface area contributed by atoms with Gasteiger partial charge < -0.3 is 50.9 Å². The lowest BCUT2D eigenvalue weighted by atomic mass is 9.87. The second kappa shape index (κ2) is 22.8. The Bertz CT molecular complexity index is 1950. The van der Waals surface area contributed by atoms with Gasteiger partial charge in [0, 0.05) is 37.1 Å². The smallest absolute Gasteiger partial charge is 0.386 e. The number of nitrogens with zero attached hydrogens (tertiary/aromatic N) is 4. The van der Waals surface area contributed by atoms with Gasteiger partial charge in [0.2, 0.25) is 11.8 Å². The predicted octanol–water partition coefficient (Wildman–Crippen LogP) is 1.36. The van der Waals surface area contributed by atoms with Crippen LogP contribution in [0.2, 0.25) is 0 Å². The number of carbonyl (C=O) groups excluding carboxylic acids is 3. The normalized spacial score (nSPS) is 21.4. The number of aliphatic hydroxyl groups is 2. The monoisotopic (exact) mass is 917 g/mol. The highest BCUT2D eigenvalue weighted by atomic mass is 32.2. The number of amides is 2. The lowest BCUT2D eigenvalue weighted by molar-refractivity contribution is -0.137. The first-order valence-corrected chi connectivity index (χ1v) is 23.4. The fourth-order valence-corrected chi connectivity index (χ4v) is 8.56. The molecule has 0 aliphatic carbocycles. The number of unbranched alkanes of at least 4 members (excludes halogenated alkanes) is 1. The summed E-state index contributed by atoms with van der Waals surface area (Å²) in [5.41, 5.74) is 4.26. The van der Waals surface area contributed by atoms with E-state index in [1.807, 2.05) is 12.2 Å². The van der Waals surface area contributed by atoms with Crippen molar-refractivity contribution >= 4 is 69.1 Å². The number of aliphatic hydroxyl groups excluding tert-OH is 2. The molecule has 24 nitrogen and oxygen atoms in total. The molecule has 3 heterocycles. The number of anilines is 1. The number of hydrogen-bond donors (Lipinski definition) is 9. The van der Waals surface area contributed by atoms with E-state index in [1.165, 1.54) is 13.8 Å². The van der Waals surface area contributed by atoms with Crippen molar-refractivity contribution in [1.29, 1.82) is 0 Å². The minimum absolute atomic E-state index is 0.0303. The van der Waals surface area contributed by atoms with Crippen LogP contribution in [0.1, 0.15) is 59.1 Å². The van der Waals surface area contributed by atoms with E-state index in [0.717, 1.165) is 48.2 Å². The highest BCUT2D eigenvalue weighted by Crippen LogP contribution is 2.61. The Morgan fingerprint density at radius 1 is 1.03 bits per heavy atom. The van der Waals surface area contributed by atoms with E-state index in [9.17, 15) is 57.9 Å². The molecule has 2 aromatic heterocycles. The van der Waals surface area contributed by atoms with Crippen molar-refractivity contribution in [2.24, 2.45) is 5.41 Å².